The lowest BCUT2D eigenvalue weighted by Gasteiger charge is -2.09. The standard InChI is InChI=1S/C13H16N4O/c14-8-9-1-4-11(15)12(7-9)16-6-5-13(18)17-10-2-3-10/h1,4,7,10,16H,2-3,5-6,15H2,(H,17,18). The normalized spacial score (nSPS) is 13.7. The summed E-state index contributed by atoms with van der Waals surface area (Å²) in [7, 11) is 0. The first-order valence-electron chi connectivity index (χ1n) is 6.02. The van der Waals surface area contributed by atoms with E-state index in [-0.39, 0.29) is 5.91 Å². The van der Waals surface area contributed by atoms with Crippen molar-refractivity contribution >= 4 is 17.3 Å². The van der Waals surface area contributed by atoms with E-state index in [0.29, 0.717) is 35.9 Å². The van der Waals surface area contributed by atoms with Gasteiger partial charge in [-0.15, -0.1) is 0 Å². The molecule has 1 saturated carbocycles. The van der Waals surface area contributed by atoms with Gasteiger partial charge in [-0.2, -0.15) is 5.26 Å². The minimum atomic E-state index is 0.0556. The van der Waals surface area contributed by atoms with Crippen molar-refractivity contribution in [2.75, 3.05) is 17.6 Å². The van der Waals surface area contributed by atoms with Crippen LogP contribution in [0.4, 0.5) is 11.4 Å². The number of hydrogen-bond acceptors (Lipinski definition) is 4. The largest absolute Gasteiger partial charge is 0.397 e. The van der Waals surface area contributed by atoms with Crippen LogP contribution in [0.25, 0.3) is 0 Å². The van der Waals surface area contributed by atoms with Crippen LogP contribution in [0.2, 0.25) is 0 Å². The molecular weight excluding hydrogens is 228 g/mol. The maximum atomic E-state index is 11.5. The first kappa shape index (κ1) is 12.2. The van der Waals surface area contributed by atoms with Crippen LogP contribution < -0.4 is 16.4 Å². The third-order valence-corrected chi connectivity index (χ3v) is 2.79. The molecule has 1 aromatic carbocycles. The Morgan fingerprint density at radius 3 is 2.94 bits per heavy atom. The zero-order valence-corrected chi connectivity index (χ0v) is 10.1. The van der Waals surface area contributed by atoms with Crippen LogP contribution in [0.15, 0.2) is 18.2 Å². The molecule has 5 nitrogen and oxygen atoms in total. The molecule has 5 heteroatoms. The van der Waals surface area contributed by atoms with Gasteiger partial charge in [-0.3, -0.25) is 4.79 Å². The Hall–Kier alpha value is -2.22. The van der Waals surface area contributed by atoms with E-state index in [0.717, 1.165) is 12.8 Å². The molecule has 0 atom stereocenters. The van der Waals surface area contributed by atoms with Crippen molar-refractivity contribution in [3.8, 4) is 6.07 Å². The molecule has 1 aromatic rings. The lowest BCUT2D eigenvalue weighted by molar-refractivity contribution is -0.120. The lowest BCUT2D eigenvalue weighted by Crippen LogP contribution is -2.27. The maximum absolute atomic E-state index is 11.5. The van der Waals surface area contributed by atoms with Gasteiger partial charge in [-0.05, 0) is 31.0 Å². The highest BCUT2D eigenvalue weighted by atomic mass is 16.1. The zero-order valence-electron chi connectivity index (χ0n) is 10.1. The smallest absolute Gasteiger partial charge is 0.221 e. The van der Waals surface area contributed by atoms with E-state index in [2.05, 4.69) is 16.7 Å². The number of rotatable bonds is 5. The van der Waals surface area contributed by atoms with Crippen LogP contribution >= 0.6 is 0 Å². The number of nitrogens with one attached hydrogen (secondary N) is 2. The Labute approximate surface area is 106 Å². The van der Waals surface area contributed by atoms with Gasteiger partial charge in [0.25, 0.3) is 0 Å². The number of carbonyl (C=O) groups is 1. The van der Waals surface area contributed by atoms with Crippen molar-refractivity contribution in [3.63, 3.8) is 0 Å². The molecule has 1 aliphatic carbocycles. The van der Waals surface area contributed by atoms with Gasteiger partial charge in [0, 0.05) is 19.0 Å². The van der Waals surface area contributed by atoms with Gasteiger partial charge in [0.05, 0.1) is 23.0 Å². The van der Waals surface area contributed by atoms with Gasteiger partial charge in [-0.25, -0.2) is 0 Å². The number of nitrogens with two attached hydrogens (primary N) is 1. The summed E-state index contributed by atoms with van der Waals surface area (Å²) in [4.78, 5) is 11.5. The molecule has 18 heavy (non-hydrogen) atoms. The van der Waals surface area contributed by atoms with Crippen molar-refractivity contribution in [1.82, 2.24) is 5.32 Å². The first-order valence-corrected chi connectivity index (χ1v) is 6.02. The van der Waals surface area contributed by atoms with Gasteiger partial charge < -0.3 is 16.4 Å². The second-order valence-electron chi connectivity index (χ2n) is 4.43. The quantitative estimate of drug-likeness (QED) is 0.679. The van der Waals surface area contributed by atoms with Gasteiger partial charge in [0.2, 0.25) is 5.91 Å². The number of anilines is 2. The molecule has 1 amide bonds. The molecule has 0 unspecified atom stereocenters. The molecule has 0 aromatic heterocycles. The van der Waals surface area contributed by atoms with Gasteiger partial charge in [-0.1, -0.05) is 0 Å². The monoisotopic (exact) mass is 244 g/mol. The van der Waals surface area contributed by atoms with Gasteiger partial charge >= 0.3 is 0 Å². The fraction of sp³-hybridized carbons (Fsp3) is 0.385. The summed E-state index contributed by atoms with van der Waals surface area (Å²) in [6.07, 6.45) is 2.60. The number of amides is 1. The van der Waals surface area contributed by atoms with Crippen LogP contribution in [0.3, 0.4) is 0 Å². The van der Waals surface area contributed by atoms with Crippen LogP contribution in [0.1, 0.15) is 24.8 Å². The number of nitrogen functional groups attached to an aromatic ring is 1. The molecule has 0 aliphatic heterocycles. The lowest BCUT2D eigenvalue weighted by atomic mass is 10.2. The Bertz CT molecular complexity index is 488. The summed E-state index contributed by atoms with van der Waals surface area (Å²) in [6, 6.07) is 7.49. The molecule has 0 radical (unpaired) electrons. The van der Waals surface area contributed by atoms with E-state index in [1.165, 1.54) is 0 Å². The molecule has 1 aliphatic rings. The summed E-state index contributed by atoms with van der Waals surface area (Å²) in [5.41, 5.74) is 7.61. The molecule has 0 saturated heterocycles. The fourth-order valence-corrected chi connectivity index (χ4v) is 1.62. The summed E-state index contributed by atoms with van der Waals surface area (Å²) in [5, 5.41) is 14.8. The number of benzene rings is 1. The molecule has 0 heterocycles. The number of nitrogens with zero attached hydrogens (tertiary/aromatic N) is 1. The van der Waals surface area contributed by atoms with E-state index in [1.807, 2.05) is 0 Å². The number of hydrogen-bond donors (Lipinski definition) is 3. The fourth-order valence-electron chi connectivity index (χ4n) is 1.62. The molecule has 0 bridgehead atoms. The highest BCUT2D eigenvalue weighted by Crippen LogP contribution is 2.20. The third kappa shape index (κ3) is 3.39. The van der Waals surface area contributed by atoms with Crippen LogP contribution in [0.5, 0.6) is 0 Å². The zero-order chi connectivity index (χ0) is 13.0. The summed E-state index contributed by atoms with van der Waals surface area (Å²) >= 11 is 0. The Kier molecular flexibility index (Phi) is 3.68. The van der Waals surface area contributed by atoms with Crippen molar-refractivity contribution in [1.29, 1.82) is 5.26 Å². The van der Waals surface area contributed by atoms with Gasteiger partial charge in [0.15, 0.2) is 0 Å². The van der Waals surface area contributed by atoms with E-state index in [1.54, 1.807) is 18.2 Å². The molecule has 0 spiro atoms. The van der Waals surface area contributed by atoms with Gasteiger partial charge in [0.1, 0.15) is 0 Å². The number of carbonyl (C=O) groups excluding carboxylic acids is 1. The molecule has 4 N–H and O–H groups in total. The predicted molar refractivity (Wildman–Crippen MR) is 69.8 cm³/mol. The molecule has 1 fully saturated rings. The highest BCUT2D eigenvalue weighted by molar-refractivity contribution is 5.77. The Morgan fingerprint density at radius 2 is 2.28 bits per heavy atom. The summed E-state index contributed by atoms with van der Waals surface area (Å²) in [6.45, 7) is 0.512. The van der Waals surface area contributed by atoms with Crippen molar-refractivity contribution in [3.05, 3.63) is 23.8 Å². The van der Waals surface area contributed by atoms with E-state index in [9.17, 15) is 4.79 Å². The van der Waals surface area contributed by atoms with Crippen LogP contribution in [-0.2, 0) is 4.79 Å². The minimum absolute atomic E-state index is 0.0556. The van der Waals surface area contributed by atoms with Crippen molar-refractivity contribution in [2.24, 2.45) is 0 Å². The highest BCUT2D eigenvalue weighted by Gasteiger charge is 2.22. The van der Waals surface area contributed by atoms with Crippen molar-refractivity contribution in [2.45, 2.75) is 25.3 Å². The van der Waals surface area contributed by atoms with E-state index in [4.69, 9.17) is 11.0 Å². The Morgan fingerprint density at radius 1 is 1.50 bits per heavy atom. The summed E-state index contributed by atoms with van der Waals surface area (Å²) in [5.74, 6) is 0.0556. The third-order valence-electron chi connectivity index (χ3n) is 2.79. The van der Waals surface area contributed by atoms with E-state index >= 15 is 0 Å². The molecule has 2 rings (SSSR count). The predicted octanol–water partition coefficient (Wildman–Crippen LogP) is 1.22. The molecular formula is C13H16N4O. The topological polar surface area (TPSA) is 90.9 Å². The average Bonchev–Trinajstić information content (AvgIpc) is 3.15. The van der Waals surface area contributed by atoms with Crippen LogP contribution in [0, 0.1) is 11.3 Å². The first-order chi connectivity index (χ1) is 8.69. The minimum Gasteiger partial charge on any atom is -0.397 e. The molecule has 94 valence electrons. The number of nitriles is 1. The maximum Gasteiger partial charge on any atom is 0.221 e. The second kappa shape index (κ2) is 5.41. The average molecular weight is 244 g/mol. The summed E-state index contributed by atoms with van der Waals surface area (Å²) < 4.78 is 0. The van der Waals surface area contributed by atoms with E-state index < -0.39 is 0 Å². The van der Waals surface area contributed by atoms with Crippen LogP contribution in [-0.4, -0.2) is 18.5 Å². The second-order valence-corrected chi connectivity index (χ2v) is 4.43. The van der Waals surface area contributed by atoms with Crippen molar-refractivity contribution < 1.29 is 4.79 Å². The SMILES string of the molecule is N#Cc1ccc(N)c(NCCC(=O)NC2CC2)c1. The Balaban J connectivity index is 1.81.